The molecule has 4 nitrogen and oxygen atoms in total. The molecule has 0 aromatic heterocycles. The zero-order chi connectivity index (χ0) is 16.6. The van der Waals surface area contributed by atoms with Crippen molar-refractivity contribution in [1.29, 1.82) is 0 Å². The Balaban J connectivity index is 3.32. The Labute approximate surface area is 136 Å². The highest BCUT2D eigenvalue weighted by molar-refractivity contribution is 5.86. The molecule has 0 aliphatic heterocycles. The van der Waals surface area contributed by atoms with E-state index in [0.29, 0.717) is 6.42 Å². The van der Waals surface area contributed by atoms with E-state index in [1.165, 1.54) is 51.4 Å². The minimum atomic E-state index is -0.504. The summed E-state index contributed by atoms with van der Waals surface area (Å²) in [7, 11) is 0. The van der Waals surface area contributed by atoms with Crippen LogP contribution in [0.4, 0.5) is 0 Å². The first kappa shape index (κ1) is 21.1. The maximum absolute atomic E-state index is 11.5. The highest BCUT2D eigenvalue weighted by Gasteiger charge is 2.16. The molecule has 0 saturated heterocycles. The molecule has 2 N–H and O–H groups in total. The second-order valence-corrected chi connectivity index (χ2v) is 6.22. The third-order valence-corrected chi connectivity index (χ3v) is 3.95. The lowest BCUT2D eigenvalue weighted by atomic mass is 10.1. The molecule has 0 saturated carbocycles. The van der Waals surface area contributed by atoms with Gasteiger partial charge in [0.15, 0.2) is 0 Å². The fraction of sp³-hybridized carbons (Fsp3) is 0.889. The van der Waals surface area contributed by atoms with Gasteiger partial charge in [-0.25, -0.2) is 0 Å². The maximum atomic E-state index is 11.5. The molecule has 0 aromatic rings. The molecule has 0 rings (SSSR count). The van der Waals surface area contributed by atoms with Crippen LogP contribution in [0, 0.1) is 5.92 Å². The smallest absolute Gasteiger partial charge is 0.317 e. The van der Waals surface area contributed by atoms with E-state index in [1.54, 1.807) is 6.92 Å². The van der Waals surface area contributed by atoms with Gasteiger partial charge in [-0.2, -0.15) is 0 Å². The molecule has 0 radical (unpaired) electrons. The topological polar surface area (TPSA) is 69.4 Å². The van der Waals surface area contributed by atoms with Crippen molar-refractivity contribution < 1.29 is 14.3 Å². The van der Waals surface area contributed by atoms with Crippen LogP contribution in [0.2, 0.25) is 0 Å². The van der Waals surface area contributed by atoms with E-state index in [-0.39, 0.29) is 6.54 Å². The number of ether oxygens (including phenoxy) is 1. The number of unbranched alkanes of at least 4 members (excludes halogenated alkanes) is 10. The van der Waals surface area contributed by atoms with E-state index in [0.717, 1.165) is 19.3 Å². The van der Waals surface area contributed by atoms with E-state index >= 15 is 0 Å². The Morgan fingerprint density at radius 3 is 1.77 bits per heavy atom. The number of nitrogens with two attached hydrogens (primary N) is 1. The Morgan fingerprint density at radius 1 is 0.864 bits per heavy atom. The lowest BCUT2D eigenvalue weighted by molar-refractivity contribution is -0.162. The summed E-state index contributed by atoms with van der Waals surface area (Å²) in [6.07, 6.45) is 14.0. The zero-order valence-corrected chi connectivity index (χ0v) is 14.6. The van der Waals surface area contributed by atoms with Crippen LogP contribution in [0.25, 0.3) is 0 Å². The summed E-state index contributed by atoms with van der Waals surface area (Å²) in [5.41, 5.74) is 5.35. The van der Waals surface area contributed by atoms with Crippen LogP contribution in [0.3, 0.4) is 0 Å². The number of rotatable bonds is 14. The molecule has 1 atom stereocenters. The van der Waals surface area contributed by atoms with Gasteiger partial charge >= 0.3 is 11.9 Å². The number of hydrogen-bond acceptors (Lipinski definition) is 4. The van der Waals surface area contributed by atoms with Crippen molar-refractivity contribution in [1.82, 2.24) is 0 Å². The summed E-state index contributed by atoms with van der Waals surface area (Å²) in [4.78, 5) is 22.8. The van der Waals surface area contributed by atoms with Gasteiger partial charge in [0.25, 0.3) is 0 Å². The molecule has 0 fully saturated rings. The van der Waals surface area contributed by atoms with Crippen LogP contribution in [0.15, 0.2) is 0 Å². The number of carbonyl (C=O) groups is 2. The fourth-order valence-electron chi connectivity index (χ4n) is 2.29. The summed E-state index contributed by atoms with van der Waals surface area (Å²) >= 11 is 0. The number of esters is 2. The Morgan fingerprint density at radius 2 is 1.32 bits per heavy atom. The second kappa shape index (κ2) is 15.0. The first-order chi connectivity index (χ1) is 10.6. The van der Waals surface area contributed by atoms with Gasteiger partial charge in [-0.1, -0.05) is 78.1 Å². The molecule has 0 aliphatic rings. The quantitative estimate of drug-likeness (QED) is 0.294. The standard InChI is InChI=1S/C18H35NO3/c1-3-4-5-6-7-8-9-10-11-12-13-14-17(20)22-18(21)16(2)15-19/h16H,3-15,19H2,1-2H3. The summed E-state index contributed by atoms with van der Waals surface area (Å²) < 4.78 is 4.74. The van der Waals surface area contributed by atoms with Gasteiger partial charge in [0.05, 0.1) is 5.92 Å². The van der Waals surface area contributed by atoms with Crippen molar-refractivity contribution in [3.63, 3.8) is 0 Å². The van der Waals surface area contributed by atoms with Crippen LogP contribution in [0.5, 0.6) is 0 Å². The molecule has 0 amide bonds. The van der Waals surface area contributed by atoms with E-state index in [2.05, 4.69) is 6.92 Å². The van der Waals surface area contributed by atoms with Crippen molar-refractivity contribution in [2.75, 3.05) is 6.54 Å². The fourth-order valence-corrected chi connectivity index (χ4v) is 2.29. The Hall–Kier alpha value is -0.900. The van der Waals surface area contributed by atoms with E-state index in [1.807, 2.05) is 0 Å². The minimum Gasteiger partial charge on any atom is -0.393 e. The van der Waals surface area contributed by atoms with Crippen LogP contribution >= 0.6 is 0 Å². The molecule has 130 valence electrons. The van der Waals surface area contributed by atoms with Crippen LogP contribution in [-0.4, -0.2) is 18.5 Å². The van der Waals surface area contributed by atoms with Crippen LogP contribution < -0.4 is 5.73 Å². The van der Waals surface area contributed by atoms with Crippen molar-refractivity contribution in [2.24, 2.45) is 11.7 Å². The zero-order valence-electron chi connectivity index (χ0n) is 14.6. The molecular weight excluding hydrogens is 278 g/mol. The van der Waals surface area contributed by atoms with Gasteiger partial charge in [0, 0.05) is 13.0 Å². The highest BCUT2D eigenvalue weighted by Crippen LogP contribution is 2.12. The lowest BCUT2D eigenvalue weighted by Crippen LogP contribution is -2.25. The Kier molecular flexibility index (Phi) is 14.4. The molecule has 0 heterocycles. The first-order valence-electron chi connectivity index (χ1n) is 9.06. The van der Waals surface area contributed by atoms with E-state index in [9.17, 15) is 9.59 Å². The largest absolute Gasteiger partial charge is 0.393 e. The molecular formula is C18H35NO3. The summed E-state index contributed by atoms with van der Waals surface area (Å²) in [5, 5.41) is 0. The average Bonchev–Trinajstić information content (AvgIpc) is 2.51. The second-order valence-electron chi connectivity index (χ2n) is 6.22. The predicted molar refractivity (Wildman–Crippen MR) is 90.4 cm³/mol. The molecule has 0 aromatic carbocycles. The molecule has 22 heavy (non-hydrogen) atoms. The van der Waals surface area contributed by atoms with Gasteiger partial charge in [-0.15, -0.1) is 0 Å². The van der Waals surface area contributed by atoms with Crippen molar-refractivity contribution in [3.05, 3.63) is 0 Å². The maximum Gasteiger partial charge on any atom is 0.317 e. The number of hydrogen-bond donors (Lipinski definition) is 1. The SMILES string of the molecule is CCCCCCCCCCCCCC(=O)OC(=O)C(C)CN. The summed E-state index contributed by atoms with van der Waals surface area (Å²) in [6.45, 7) is 4.12. The van der Waals surface area contributed by atoms with Crippen molar-refractivity contribution >= 4 is 11.9 Å². The van der Waals surface area contributed by atoms with Crippen molar-refractivity contribution in [2.45, 2.75) is 90.9 Å². The highest BCUT2D eigenvalue weighted by atomic mass is 16.6. The normalized spacial score (nSPS) is 12.1. The van der Waals surface area contributed by atoms with E-state index < -0.39 is 17.9 Å². The lowest BCUT2D eigenvalue weighted by Gasteiger charge is -2.07. The average molecular weight is 313 g/mol. The van der Waals surface area contributed by atoms with Gasteiger partial charge in [0.1, 0.15) is 0 Å². The van der Waals surface area contributed by atoms with Gasteiger partial charge in [0.2, 0.25) is 0 Å². The molecule has 0 spiro atoms. The summed E-state index contributed by atoms with van der Waals surface area (Å²) in [6, 6.07) is 0. The molecule has 0 bridgehead atoms. The minimum absolute atomic E-state index is 0.213. The van der Waals surface area contributed by atoms with E-state index in [4.69, 9.17) is 10.5 Å². The first-order valence-corrected chi connectivity index (χ1v) is 9.06. The third-order valence-electron chi connectivity index (χ3n) is 3.95. The molecule has 0 aliphatic carbocycles. The van der Waals surface area contributed by atoms with Crippen LogP contribution in [0.1, 0.15) is 90.9 Å². The summed E-state index contributed by atoms with van der Waals surface area (Å²) in [5.74, 6) is -1.32. The molecule has 1 unspecified atom stereocenters. The third kappa shape index (κ3) is 12.8. The number of carbonyl (C=O) groups excluding carboxylic acids is 2. The Bertz CT molecular complexity index is 292. The van der Waals surface area contributed by atoms with Crippen LogP contribution in [-0.2, 0) is 14.3 Å². The van der Waals surface area contributed by atoms with Crippen molar-refractivity contribution in [3.8, 4) is 0 Å². The predicted octanol–water partition coefficient (Wildman–Crippen LogP) is 4.35. The molecule has 4 heteroatoms. The van der Waals surface area contributed by atoms with Gasteiger partial charge in [-0.3, -0.25) is 9.59 Å². The van der Waals surface area contributed by atoms with Gasteiger partial charge < -0.3 is 10.5 Å². The monoisotopic (exact) mass is 313 g/mol. The van der Waals surface area contributed by atoms with Gasteiger partial charge in [-0.05, 0) is 6.42 Å².